The number of carbonyl (C=O) groups excluding carboxylic acids is 1. The van der Waals surface area contributed by atoms with Crippen molar-refractivity contribution in [3.8, 4) is 0 Å². The van der Waals surface area contributed by atoms with Gasteiger partial charge in [-0.3, -0.25) is 14.7 Å². The largest absolute Gasteiger partial charge is 0.289 e. The quantitative estimate of drug-likeness (QED) is 0.800. The van der Waals surface area contributed by atoms with Crippen LogP contribution in [0.5, 0.6) is 0 Å². The Kier molecular flexibility index (Phi) is 4.60. The molecular weight excluding hydrogens is 275 g/mol. The summed E-state index contributed by atoms with van der Waals surface area (Å²) in [4.78, 5) is 17.4. The number of carbonyl (C=O) groups is 1. The molecule has 0 bridgehead atoms. The highest BCUT2D eigenvalue weighted by atomic mass is 35.5. The van der Waals surface area contributed by atoms with Gasteiger partial charge >= 0.3 is 0 Å². The van der Waals surface area contributed by atoms with E-state index in [-0.39, 0.29) is 17.6 Å². The molecule has 96 valence electrons. The lowest BCUT2D eigenvalue weighted by Gasteiger charge is -2.16. The molecule has 0 aliphatic carbocycles. The number of rotatable bonds is 3. The summed E-state index contributed by atoms with van der Waals surface area (Å²) < 4.78 is 12.7. The second-order valence-corrected chi connectivity index (χ2v) is 4.97. The molecule has 0 atom stereocenters. The molecule has 1 aromatic rings. The van der Waals surface area contributed by atoms with Gasteiger partial charge in [0.25, 0.3) is 0 Å². The SMILES string of the molecule is O=C(CCl)N1CCN=C1SCc1ccc(F)cc1. The van der Waals surface area contributed by atoms with Crippen molar-refractivity contribution in [3.05, 3.63) is 35.6 Å². The zero-order valence-corrected chi connectivity index (χ0v) is 11.2. The maximum atomic E-state index is 12.7. The summed E-state index contributed by atoms with van der Waals surface area (Å²) in [5.41, 5.74) is 0.995. The number of thioether (sulfide) groups is 1. The smallest absolute Gasteiger partial charge is 0.243 e. The van der Waals surface area contributed by atoms with E-state index in [4.69, 9.17) is 11.6 Å². The number of hydrogen-bond donors (Lipinski definition) is 0. The predicted octanol–water partition coefficient (Wildman–Crippen LogP) is 2.50. The number of amides is 1. The van der Waals surface area contributed by atoms with Crippen molar-refractivity contribution in [1.29, 1.82) is 0 Å². The third-order valence-corrected chi connectivity index (χ3v) is 3.81. The van der Waals surface area contributed by atoms with Crippen LogP contribution in [-0.2, 0) is 10.5 Å². The zero-order valence-electron chi connectivity index (χ0n) is 9.60. The average molecular weight is 287 g/mol. The van der Waals surface area contributed by atoms with Gasteiger partial charge in [-0.15, -0.1) is 11.6 Å². The molecule has 1 aliphatic heterocycles. The Morgan fingerprint density at radius 3 is 2.83 bits per heavy atom. The maximum absolute atomic E-state index is 12.7. The van der Waals surface area contributed by atoms with Gasteiger partial charge in [-0.2, -0.15) is 0 Å². The van der Waals surface area contributed by atoms with E-state index in [0.29, 0.717) is 24.0 Å². The summed E-state index contributed by atoms with van der Waals surface area (Å²) in [5, 5.41) is 0.699. The predicted molar refractivity (Wildman–Crippen MR) is 72.4 cm³/mol. The minimum atomic E-state index is -0.249. The molecule has 0 saturated heterocycles. The van der Waals surface area contributed by atoms with E-state index in [2.05, 4.69) is 4.99 Å². The Bertz CT molecular complexity index is 464. The van der Waals surface area contributed by atoms with Crippen molar-refractivity contribution in [3.63, 3.8) is 0 Å². The van der Waals surface area contributed by atoms with E-state index in [9.17, 15) is 9.18 Å². The first-order valence-electron chi connectivity index (χ1n) is 5.48. The molecule has 1 aromatic carbocycles. The molecule has 1 amide bonds. The Balaban J connectivity index is 1.93. The van der Waals surface area contributed by atoms with Gasteiger partial charge in [0.2, 0.25) is 5.91 Å². The van der Waals surface area contributed by atoms with Crippen LogP contribution in [0, 0.1) is 5.82 Å². The number of hydrogen-bond acceptors (Lipinski definition) is 3. The number of amidine groups is 1. The van der Waals surface area contributed by atoms with Gasteiger partial charge < -0.3 is 0 Å². The third kappa shape index (κ3) is 3.23. The summed E-state index contributed by atoms with van der Waals surface area (Å²) in [6.07, 6.45) is 0. The zero-order chi connectivity index (χ0) is 13.0. The first kappa shape index (κ1) is 13.4. The Morgan fingerprint density at radius 2 is 2.17 bits per heavy atom. The van der Waals surface area contributed by atoms with E-state index in [1.807, 2.05) is 0 Å². The second kappa shape index (κ2) is 6.20. The lowest BCUT2D eigenvalue weighted by atomic mass is 10.2. The first-order chi connectivity index (χ1) is 8.70. The monoisotopic (exact) mass is 286 g/mol. The number of aliphatic imine (C=N–C) groups is 1. The Hall–Kier alpha value is -1.07. The molecule has 3 nitrogen and oxygen atoms in total. The fourth-order valence-electron chi connectivity index (χ4n) is 1.58. The van der Waals surface area contributed by atoms with Crippen LogP contribution in [0.25, 0.3) is 0 Å². The number of benzene rings is 1. The van der Waals surface area contributed by atoms with Crippen LogP contribution in [0.2, 0.25) is 0 Å². The van der Waals surface area contributed by atoms with E-state index in [1.165, 1.54) is 23.9 Å². The summed E-state index contributed by atoms with van der Waals surface area (Å²) in [6.45, 7) is 1.21. The lowest BCUT2D eigenvalue weighted by Crippen LogP contribution is -2.33. The molecule has 0 spiro atoms. The fraction of sp³-hybridized carbons (Fsp3) is 0.333. The highest BCUT2D eigenvalue weighted by Gasteiger charge is 2.22. The molecule has 0 radical (unpaired) electrons. The standard InChI is InChI=1S/C12H12ClFN2OS/c13-7-11(17)16-6-5-15-12(16)18-8-9-1-3-10(14)4-2-9/h1-4H,5-8H2. The molecule has 0 N–H and O–H groups in total. The van der Waals surface area contributed by atoms with Gasteiger partial charge in [0.15, 0.2) is 5.17 Å². The fourth-order valence-corrected chi connectivity index (χ4v) is 2.75. The van der Waals surface area contributed by atoms with Gasteiger partial charge in [-0.25, -0.2) is 4.39 Å². The van der Waals surface area contributed by atoms with Crippen molar-refractivity contribution >= 4 is 34.4 Å². The van der Waals surface area contributed by atoms with Crippen molar-refractivity contribution < 1.29 is 9.18 Å². The van der Waals surface area contributed by atoms with Crippen molar-refractivity contribution in [2.24, 2.45) is 4.99 Å². The van der Waals surface area contributed by atoms with Crippen molar-refractivity contribution in [2.45, 2.75) is 5.75 Å². The van der Waals surface area contributed by atoms with Gasteiger partial charge in [0, 0.05) is 12.3 Å². The van der Waals surface area contributed by atoms with Crippen molar-refractivity contribution in [2.75, 3.05) is 19.0 Å². The topological polar surface area (TPSA) is 32.7 Å². The molecular formula is C12H12ClFN2OS. The van der Waals surface area contributed by atoms with Crippen LogP contribution in [0.15, 0.2) is 29.3 Å². The van der Waals surface area contributed by atoms with Crippen LogP contribution >= 0.6 is 23.4 Å². The molecule has 1 heterocycles. The molecule has 0 saturated carbocycles. The molecule has 2 rings (SSSR count). The molecule has 18 heavy (non-hydrogen) atoms. The van der Waals surface area contributed by atoms with Gasteiger partial charge in [-0.1, -0.05) is 23.9 Å². The van der Waals surface area contributed by atoms with Crippen LogP contribution in [0.3, 0.4) is 0 Å². The minimum absolute atomic E-state index is 0.0316. The van der Waals surface area contributed by atoms with E-state index in [0.717, 1.165) is 5.56 Å². The Morgan fingerprint density at radius 1 is 1.44 bits per heavy atom. The molecule has 0 unspecified atom stereocenters. The minimum Gasteiger partial charge on any atom is -0.289 e. The summed E-state index contributed by atoms with van der Waals surface area (Å²) in [7, 11) is 0. The van der Waals surface area contributed by atoms with Gasteiger partial charge in [0.1, 0.15) is 11.7 Å². The molecule has 1 aliphatic rings. The van der Waals surface area contributed by atoms with Crippen LogP contribution in [0.1, 0.15) is 5.56 Å². The molecule has 0 aromatic heterocycles. The van der Waals surface area contributed by atoms with Crippen LogP contribution < -0.4 is 0 Å². The second-order valence-electron chi connectivity index (χ2n) is 3.76. The van der Waals surface area contributed by atoms with Crippen molar-refractivity contribution in [1.82, 2.24) is 4.90 Å². The highest BCUT2D eigenvalue weighted by molar-refractivity contribution is 8.13. The van der Waals surface area contributed by atoms with E-state index < -0.39 is 0 Å². The van der Waals surface area contributed by atoms with Gasteiger partial charge in [-0.05, 0) is 17.7 Å². The number of nitrogens with zero attached hydrogens (tertiary/aromatic N) is 2. The Labute approximate surface area is 114 Å². The third-order valence-electron chi connectivity index (χ3n) is 2.50. The van der Waals surface area contributed by atoms with Gasteiger partial charge in [0.05, 0.1) is 6.54 Å². The molecule has 0 fully saturated rings. The maximum Gasteiger partial charge on any atom is 0.243 e. The summed E-state index contributed by atoms with van der Waals surface area (Å²) >= 11 is 7.00. The summed E-state index contributed by atoms with van der Waals surface area (Å²) in [6, 6.07) is 6.30. The van der Waals surface area contributed by atoms with E-state index in [1.54, 1.807) is 17.0 Å². The average Bonchev–Trinajstić information content (AvgIpc) is 2.85. The van der Waals surface area contributed by atoms with Crippen LogP contribution in [-0.4, -0.2) is 34.9 Å². The number of alkyl halides is 1. The van der Waals surface area contributed by atoms with Crippen LogP contribution in [0.4, 0.5) is 4.39 Å². The lowest BCUT2D eigenvalue weighted by molar-refractivity contribution is -0.124. The first-order valence-corrected chi connectivity index (χ1v) is 7.01. The van der Waals surface area contributed by atoms with E-state index >= 15 is 0 Å². The number of halogens is 2. The summed E-state index contributed by atoms with van der Waals surface area (Å²) in [5.74, 6) is 0.252. The highest BCUT2D eigenvalue weighted by Crippen LogP contribution is 2.20. The molecule has 6 heteroatoms. The normalized spacial score (nSPS) is 14.8.